The Morgan fingerprint density at radius 3 is 2.35 bits per heavy atom. The molecule has 1 heterocycles. The third kappa shape index (κ3) is 3.58. The molecule has 1 atom stereocenters. The van der Waals surface area contributed by atoms with Gasteiger partial charge in [-0.2, -0.15) is 5.26 Å². The van der Waals surface area contributed by atoms with Gasteiger partial charge in [-0.15, -0.1) is 12.4 Å². The lowest BCUT2D eigenvalue weighted by atomic mass is 10.1. The van der Waals surface area contributed by atoms with Crippen molar-refractivity contribution in [1.82, 2.24) is 4.90 Å². The molecule has 1 unspecified atom stereocenters. The van der Waals surface area contributed by atoms with E-state index in [9.17, 15) is 5.26 Å². The minimum atomic E-state index is -0.193. The maximum absolute atomic E-state index is 9.24. The highest BCUT2D eigenvalue weighted by Gasteiger charge is 2.21. The second kappa shape index (κ2) is 6.83. The van der Waals surface area contributed by atoms with Crippen LogP contribution in [0.3, 0.4) is 0 Å². The van der Waals surface area contributed by atoms with Gasteiger partial charge < -0.3 is 4.74 Å². The molecule has 0 radical (unpaired) electrons. The minimum Gasteiger partial charge on any atom is -0.379 e. The fraction of sp³-hybridized carbons (Fsp3) is 0.417. The molecule has 92 valence electrons. The summed E-state index contributed by atoms with van der Waals surface area (Å²) in [6, 6.07) is 9.60. The molecule has 0 aromatic heterocycles. The smallest absolute Gasteiger partial charge is 0.124 e. The molecule has 1 fully saturated rings. The zero-order valence-corrected chi connectivity index (χ0v) is 10.9. The SMILES string of the molecule is Cl.N#CC(c1ccc(Cl)cc1)N1CCOCC1. The first-order valence-electron chi connectivity index (χ1n) is 5.28. The van der Waals surface area contributed by atoms with E-state index in [0.717, 1.165) is 18.7 Å². The molecule has 1 aliphatic rings. The van der Waals surface area contributed by atoms with Crippen LogP contribution in [0.25, 0.3) is 0 Å². The van der Waals surface area contributed by atoms with E-state index in [1.807, 2.05) is 24.3 Å². The van der Waals surface area contributed by atoms with E-state index >= 15 is 0 Å². The van der Waals surface area contributed by atoms with Gasteiger partial charge in [0.05, 0.1) is 19.3 Å². The number of benzene rings is 1. The van der Waals surface area contributed by atoms with Crippen molar-refractivity contribution in [2.75, 3.05) is 26.3 Å². The zero-order valence-electron chi connectivity index (χ0n) is 9.30. The van der Waals surface area contributed by atoms with Crippen molar-refractivity contribution >= 4 is 24.0 Å². The summed E-state index contributed by atoms with van der Waals surface area (Å²) in [6.45, 7) is 3.01. The predicted octanol–water partition coefficient (Wildman–Crippen LogP) is 2.66. The number of ether oxygens (including phenoxy) is 1. The van der Waals surface area contributed by atoms with Crippen molar-refractivity contribution < 1.29 is 4.74 Å². The first-order chi connectivity index (χ1) is 7.81. The molecule has 5 heteroatoms. The summed E-state index contributed by atoms with van der Waals surface area (Å²) in [4.78, 5) is 2.13. The van der Waals surface area contributed by atoms with Gasteiger partial charge >= 0.3 is 0 Å². The molecule has 3 nitrogen and oxygen atoms in total. The monoisotopic (exact) mass is 272 g/mol. The van der Waals surface area contributed by atoms with Crippen LogP contribution in [-0.4, -0.2) is 31.2 Å². The van der Waals surface area contributed by atoms with E-state index < -0.39 is 0 Å². The summed E-state index contributed by atoms with van der Waals surface area (Å²) in [6.07, 6.45) is 0. The molecule has 0 aliphatic carbocycles. The Labute approximate surface area is 112 Å². The van der Waals surface area contributed by atoms with E-state index in [4.69, 9.17) is 16.3 Å². The lowest BCUT2D eigenvalue weighted by molar-refractivity contribution is 0.0266. The van der Waals surface area contributed by atoms with E-state index in [-0.39, 0.29) is 18.4 Å². The zero-order chi connectivity index (χ0) is 11.4. The Kier molecular flexibility index (Phi) is 5.73. The maximum Gasteiger partial charge on any atom is 0.124 e. The van der Waals surface area contributed by atoms with Gasteiger partial charge in [-0.1, -0.05) is 23.7 Å². The quantitative estimate of drug-likeness (QED) is 0.831. The van der Waals surface area contributed by atoms with Crippen LogP contribution in [0.15, 0.2) is 24.3 Å². The second-order valence-electron chi connectivity index (χ2n) is 3.73. The molecule has 1 saturated heterocycles. The normalized spacial score (nSPS) is 17.9. The molecule has 2 rings (SSSR count). The van der Waals surface area contributed by atoms with E-state index in [1.165, 1.54) is 0 Å². The molecular formula is C12H14Cl2N2O. The van der Waals surface area contributed by atoms with Crippen molar-refractivity contribution in [3.63, 3.8) is 0 Å². The number of rotatable bonds is 2. The largest absolute Gasteiger partial charge is 0.379 e. The van der Waals surface area contributed by atoms with E-state index in [2.05, 4.69) is 11.0 Å². The molecule has 0 amide bonds. The number of halogens is 2. The Hall–Kier alpha value is -0.790. The van der Waals surface area contributed by atoms with Crippen molar-refractivity contribution in [2.45, 2.75) is 6.04 Å². The molecule has 1 aliphatic heterocycles. The van der Waals surface area contributed by atoms with Crippen molar-refractivity contribution in [2.24, 2.45) is 0 Å². The van der Waals surface area contributed by atoms with Crippen LogP contribution < -0.4 is 0 Å². The Balaban J connectivity index is 0.00000144. The van der Waals surface area contributed by atoms with Crippen molar-refractivity contribution in [3.8, 4) is 6.07 Å². The van der Waals surface area contributed by atoms with E-state index in [0.29, 0.717) is 18.2 Å². The van der Waals surface area contributed by atoms with Crippen molar-refractivity contribution in [1.29, 1.82) is 5.26 Å². The fourth-order valence-electron chi connectivity index (χ4n) is 1.85. The molecule has 17 heavy (non-hydrogen) atoms. The number of morpholine rings is 1. The number of nitriles is 1. The summed E-state index contributed by atoms with van der Waals surface area (Å²) in [5.41, 5.74) is 0.994. The van der Waals surface area contributed by atoms with Crippen LogP contribution in [0, 0.1) is 11.3 Å². The summed E-state index contributed by atoms with van der Waals surface area (Å²) >= 11 is 5.83. The van der Waals surface area contributed by atoms with Gasteiger partial charge in [-0.25, -0.2) is 0 Å². The van der Waals surface area contributed by atoms with Crippen LogP contribution in [0.5, 0.6) is 0 Å². The van der Waals surface area contributed by atoms with Gasteiger partial charge in [0.1, 0.15) is 6.04 Å². The predicted molar refractivity (Wildman–Crippen MR) is 69.4 cm³/mol. The second-order valence-corrected chi connectivity index (χ2v) is 4.17. The topological polar surface area (TPSA) is 36.3 Å². The lowest BCUT2D eigenvalue weighted by Gasteiger charge is -2.30. The molecular weight excluding hydrogens is 259 g/mol. The Morgan fingerprint density at radius 1 is 1.24 bits per heavy atom. The van der Waals surface area contributed by atoms with Gasteiger partial charge in [0.25, 0.3) is 0 Å². The molecule has 0 spiro atoms. The van der Waals surface area contributed by atoms with Crippen molar-refractivity contribution in [3.05, 3.63) is 34.9 Å². The van der Waals surface area contributed by atoms with Crippen LogP contribution >= 0.6 is 24.0 Å². The van der Waals surface area contributed by atoms with E-state index in [1.54, 1.807) is 0 Å². The molecule has 0 N–H and O–H groups in total. The fourth-order valence-corrected chi connectivity index (χ4v) is 1.97. The average Bonchev–Trinajstić information content (AvgIpc) is 2.34. The highest BCUT2D eigenvalue weighted by atomic mass is 35.5. The first-order valence-corrected chi connectivity index (χ1v) is 5.66. The van der Waals surface area contributed by atoms with Crippen LogP contribution in [0.1, 0.15) is 11.6 Å². The highest BCUT2D eigenvalue weighted by Crippen LogP contribution is 2.22. The number of hydrogen-bond acceptors (Lipinski definition) is 3. The van der Waals surface area contributed by atoms with Gasteiger partial charge in [-0.3, -0.25) is 4.90 Å². The Morgan fingerprint density at radius 2 is 1.82 bits per heavy atom. The van der Waals surface area contributed by atoms with Gasteiger partial charge in [-0.05, 0) is 17.7 Å². The van der Waals surface area contributed by atoms with Gasteiger partial charge in [0.15, 0.2) is 0 Å². The lowest BCUT2D eigenvalue weighted by Crippen LogP contribution is -2.38. The first kappa shape index (κ1) is 14.3. The third-order valence-corrected chi connectivity index (χ3v) is 2.97. The van der Waals surface area contributed by atoms with Gasteiger partial charge in [0.2, 0.25) is 0 Å². The van der Waals surface area contributed by atoms with Crippen LogP contribution in [0.4, 0.5) is 0 Å². The third-order valence-electron chi connectivity index (χ3n) is 2.72. The summed E-state index contributed by atoms with van der Waals surface area (Å²) in [5.74, 6) is 0. The van der Waals surface area contributed by atoms with Crippen LogP contribution in [0.2, 0.25) is 5.02 Å². The molecule has 0 saturated carbocycles. The standard InChI is InChI=1S/C12H13ClN2O.ClH/c13-11-3-1-10(2-4-11)12(9-14)15-5-7-16-8-6-15;/h1-4,12H,5-8H2;1H. The summed E-state index contributed by atoms with van der Waals surface area (Å²) < 4.78 is 5.28. The number of hydrogen-bond donors (Lipinski definition) is 0. The Bertz CT molecular complexity index is 382. The molecule has 0 bridgehead atoms. The summed E-state index contributed by atoms with van der Waals surface area (Å²) in [5, 5.41) is 9.93. The molecule has 1 aromatic rings. The highest BCUT2D eigenvalue weighted by molar-refractivity contribution is 6.30. The van der Waals surface area contributed by atoms with Crippen LogP contribution in [-0.2, 0) is 4.74 Å². The van der Waals surface area contributed by atoms with Gasteiger partial charge in [0, 0.05) is 18.1 Å². The average molecular weight is 273 g/mol. The summed E-state index contributed by atoms with van der Waals surface area (Å²) in [7, 11) is 0. The maximum atomic E-state index is 9.24. The minimum absolute atomic E-state index is 0. The molecule has 1 aromatic carbocycles. The number of nitrogens with zero attached hydrogens (tertiary/aromatic N) is 2.